The zero-order chi connectivity index (χ0) is 12.4. The van der Waals surface area contributed by atoms with Crippen LogP contribution in [0, 0.1) is 0 Å². The van der Waals surface area contributed by atoms with E-state index in [0.717, 1.165) is 0 Å². The molecule has 0 spiro atoms. The van der Waals surface area contributed by atoms with Crippen molar-refractivity contribution in [1.29, 1.82) is 0 Å². The Labute approximate surface area is 110 Å². The van der Waals surface area contributed by atoms with Crippen LogP contribution in [0.5, 0.6) is 0 Å². The normalized spacial score (nSPS) is 10.9. The Bertz CT molecular complexity index is 222. The first-order valence-corrected chi connectivity index (χ1v) is 6.81. The molecular formula is C9H12Br2FO4. The molecule has 0 aromatic carbocycles. The summed E-state index contributed by atoms with van der Waals surface area (Å²) in [6.45, 7) is 0.880. The van der Waals surface area contributed by atoms with Gasteiger partial charge in [-0.3, -0.25) is 4.39 Å². The molecule has 0 atom stereocenters. The molecule has 16 heavy (non-hydrogen) atoms. The lowest BCUT2D eigenvalue weighted by molar-refractivity contribution is -0.159. The molecule has 0 saturated heterocycles. The molecule has 0 amide bonds. The summed E-state index contributed by atoms with van der Waals surface area (Å²) >= 11 is 6.13. The van der Waals surface area contributed by atoms with Crippen molar-refractivity contribution < 1.29 is 23.5 Å². The number of carbonyl (C=O) groups is 1. The molecule has 0 aliphatic rings. The predicted octanol–water partition coefficient (Wildman–Crippen LogP) is 1.89. The Hall–Kier alpha value is -0.170. The van der Waals surface area contributed by atoms with Crippen molar-refractivity contribution in [3.63, 3.8) is 0 Å². The van der Waals surface area contributed by atoms with Gasteiger partial charge >= 0.3 is 12.4 Å². The summed E-state index contributed by atoms with van der Waals surface area (Å²) < 4.78 is 21.2. The van der Waals surface area contributed by atoms with Crippen molar-refractivity contribution >= 4 is 44.3 Å². The Morgan fingerprint density at radius 3 is 2.38 bits per heavy atom. The summed E-state index contributed by atoms with van der Waals surface area (Å²) in [6.07, 6.45) is 0.775. The molecule has 0 aliphatic heterocycles. The monoisotopic (exact) mass is 361 g/mol. The molecule has 0 aromatic heterocycles. The number of esters is 1. The summed E-state index contributed by atoms with van der Waals surface area (Å²) in [6, 6.07) is 0. The fourth-order valence-corrected chi connectivity index (χ4v) is 2.43. The van der Waals surface area contributed by atoms with Gasteiger partial charge in [-0.1, -0.05) is 31.9 Å². The third-order valence-electron chi connectivity index (χ3n) is 1.80. The Balaban J connectivity index is 4.21. The first-order chi connectivity index (χ1) is 7.66. The molecule has 0 fully saturated rings. The second-order valence-electron chi connectivity index (χ2n) is 2.98. The van der Waals surface area contributed by atoms with Crippen molar-refractivity contribution in [2.45, 2.75) is 18.4 Å². The van der Waals surface area contributed by atoms with Crippen LogP contribution in [0.15, 0.2) is 0 Å². The minimum atomic E-state index is -1.41. The Kier molecular flexibility index (Phi) is 8.83. The van der Waals surface area contributed by atoms with Crippen LogP contribution in [-0.2, 0) is 19.1 Å². The minimum Gasteiger partial charge on any atom is -0.463 e. The van der Waals surface area contributed by atoms with Crippen molar-refractivity contribution in [2.24, 2.45) is 0 Å². The third kappa shape index (κ3) is 4.78. The highest BCUT2D eigenvalue weighted by Gasteiger charge is 2.40. The summed E-state index contributed by atoms with van der Waals surface area (Å²) in [7, 11) is 0. The van der Waals surface area contributed by atoms with Gasteiger partial charge in [0.05, 0.1) is 23.9 Å². The van der Waals surface area contributed by atoms with Gasteiger partial charge in [0.25, 0.3) is 0 Å². The molecule has 0 aliphatic carbocycles. The van der Waals surface area contributed by atoms with Gasteiger partial charge in [-0.15, -0.1) is 0 Å². The van der Waals surface area contributed by atoms with Gasteiger partial charge < -0.3 is 9.47 Å². The van der Waals surface area contributed by atoms with E-state index in [9.17, 15) is 14.0 Å². The topological polar surface area (TPSA) is 52.6 Å². The molecule has 0 bridgehead atoms. The highest BCUT2D eigenvalue weighted by atomic mass is 79.9. The average molecular weight is 363 g/mol. The second kappa shape index (κ2) is 8.92. The van der Waals surface area contributed by atoms with Gasteiger partial charge in [0.2, 0.25) is 5.60 Å². The van der Waals surface area contributed by atoms with E-state index in [4.69, 9.17) is 4.74 Å². The fraction of sp³-hybridized carbons (Fsp3) is 0.778. The van der Waals surface area contributed by atoms with Gasteiger partial charge in [-0.2, -0.15) is 0 Å². The van der Waals surface area contributed by atoms with Crippen molar-refractivity contribution in [2.75, 3.05) is 23.9 Å². The third-order valence-corrected chi connectivity index (χ3v) is 3.61. The number of hydrogen-bond donors (Lipinski definition) is 0. The summed E-state index contributed by atoms with van der Waals surface area (Å²) in [5.41, 5.74) is -1.41. The lowest BCUT2D eigenvalue weighted by Crippen LogP contribution is -2.46. The molecule has 0 aromatic rings. The number of hydrogen-bond acceptors (Lipinski definition) is 4. The van der Waals surface area contributed by atoms with E-state index in [-0.39, 0.29) is 17.3 Å². The number of rotatable bonds is 9. The maximum absolute atomic E-state index is 11.8. The zero-order valence-corrected chi connectivity index (χ0v) is 11.7. The number of halogens is 3. The maximum Gasteiger partial charge on any atom is 0.418 e. The minimum absolute atomic E-state index is 0.0996. The Morgan fingerprint density at radius 2 is 1.94 bits per heavy atom. The van der Waals surface area contributed by atoms with Gasteiger partial charge in [0, 0.05) is 0 Å². The van der Waals surface area contributed by atoms with E-state index in [1.165, 1.54) is 6.47 Å². The van der Waals surface area contributed by atoms with Crippen LogP contribution >= 0.6 is 31.9 Å². The molecule has 93 valence electrons. The van der Waals surface area contributed by atoms with Crippen LogP contribution in [0.1, 0.15) is 12.8 Å². The van der Waals surface area contributed by atoms with Gasteiger partial charge in [0.1, 0.15) is 0 Å². The molecule has 0 rings (SSSR count). The standard InChI is InChI=1S/C9H12Br2FO4/c10-5-9(6-11,16-7-13)8(14)15-4-2-1-3-12/h1-6H2. The van der Waals surface area contributed by atoms with E-state index in [0.29, 0.717) is 12.8 Å². The van der Waals surface area contributed by atoms with Crippen LogP contribution in [0.3, 0.4) is 0 Å². The SMILES string of the molecule is O=[C]OC(CBr)(CBr)C(=O)OCCCCF. The Morgan fingerprint density at radius 1 is 1.31 bits per heavy atom. The van der Waals surface area contributed by atoms with E-state index in [2.05, 4.69) is 36.6 Å². The fourth-order valence-electron chi connectivity index (χ4n) is 0.814. The molecule has 0 saturated carbocycles. The van der Waals surface area contributed by atoms with Crippen LogP contribution in [0.4, 0.5) is 4.39 Å². The van der Waals surface area contributed by atoms with Gasteiger partial charge in [-0.25, -0.2) is 9.59 Å². The number of carbonyl (C=O) groups excluding carboxylic acids is 2. The van der Waals surface area contributed by atoms with Gasteiger partial charge in [-0.05, 0) is 12.8 Å². The molecule has 4 nitrogen and oxygen atoms in total. The average Bonchev–Trinajstić information content (AvgIpc) is 2.31. The van der Waals surface area contributed by atoms with Crippen LogP contribution in [-0.4, -0.2) is 42.0 Å². The molecule has 0 N–H and O–H groups in total. The summed E-state index contributed by atoms with van der Waals surface area (Å²) in [5, 5.41) is 0.199. The first-order valence-electron chi connectivity index (χ1n) is 4.57. The van der Waals surface area contributed by atoms with E-state index < -0.39 is 18.2 Å². The lowest BCUT2D eigenvalue weighted by atomic mass is 10.1. The largest absolute Gasteiger partial charge is 0.463 e. The zero-order valence-electron chi connectivity index (χ0n) is 8.51. The van der Waals surface area contributed by atoms with Crippen LogP contribution in [0.25, 0.3) is 0 Å². The van der Waals surface area contributed by atoms with E-state index in [1.54, 1.807) is 0 Å². The number of unbranched alkanes of at least 4 members (excludes halogenated alkanes) is 1. The lowest BCUT2D eigenvalue weighted by Gasteiger charge is -2.24. The molecule has 1 radical (unpaired) electrons. The molecular weight excluding hydrogens is 351 g/mol. The number of ether oxygens (including phenoxy) is 2. The highest BCUT2D eigenvalue weighted by molar-refractivity contribution is 9.10. The van der Waals surface area contributed by atoms with Crippen LogP contribution < -0.4 is 0 Å². The van der Waals surface area contributed by atoms with Crippen LogP contribution in [0.2, 0.25) is 0 Å². The molecule has 0 unspecified atom stereocenters. The first kappa shape index (κ1) is 15.8. The van der Waals surface area contributed by atoms with Crippen molar-refractivity contribution in [1.82, 2.24) is 0 Å². The quantitative estimate of drug-likeness (QED) is 0.357. The summed E-state index contributed by atoms with van der Waals surface area (Å²) in [5.74, 6) is -0.677. The smallest absolute Gasteiger partial charge is 0.418 e. The van der Waals surface area contributed by atoms with Crippen molar-refractivity contribution in [3.8, 4) is 0 Å². The maximum atomic E-state index is 11.8. The van der Waals surface area contributed by atoms with Gasteiger partial charge in [0.15, 0.2) is 0 Å². The molecule has 7 heteroatoms. The predicted molar refractivity (Wildman–Crippen MR) is 63.3 cm³/mol. The summed E-state index contributed by atoms with van der Waals surface area (Å²) in [4.78, 5) is 21.8. The second-order valence-corrected chi connectivity index (χ2v) is 4.10. The van der Waals surface area contributed by atoms with E-state index in [1.807, 2.05) is 0 Å². The van der Waals surface area contributed by atoms with E-state index >= 15 is 0 Å². The number of alkyl halides is 3. The molecule has 0 heterocycles. The highest BCUT2D eigenvalue weighted by Crippen LogP contribution is 2.19. The van der Waals surface area contributed by atoms with Crippen molar-refractivity contribution in [3.05, 3.63) is 0 Å².